The number of nitrogens with zero attached hydrogens (tertiary/aromatic N) is 1. The third kappa shape index (κ3) is 7.50. The Morgan fingerprint density at radius 1 is 0.804 bits per heavy atom. The summed E-state index contributed by atoms with van der Waals surface area (Å²) in [6.45, 7) is 14.8. The maximum Gasteiger partial charge on any atom is 0.0749 e. The number of allylic oxidation sites excluding steroid dienone is 14. The molecule has 1 spiro atoms. The SMILES string of the molecule is CCC(C)(C)C(C)C1=CC=C(C2=CC=CCC2)CC1.CCC1c2ccccc2C2(C3=C(C=CC(C)C3)c3ncccc32)c2ccccc21.NCC1=CCCC=C1. The summed E-state index contributed by atoms with van der Waals surface area (Å²) in [7, 11) is 0. The number of benzene rings is 2. The van der Waals surface area contributed by atoms with Gasteiger partial charge in [-0.25, -0.2) is 0 Å². The normalized spacial score (nSPS) is 23.5. The van der Waals surface area contributed by atoms with Crippen molar-refractivity contribution in [2.45, 2.75) is 111 Å². The maximum absolute atomic E-state index is 5.38. The van der Waals surface area contributed by atoms with Gasteiger partial charge in [-0.2, -0.15) is 0 Å². The van der Waals surface area contributed by atoms with Gasteiger partial charge in [0.05, 0.1) is 11.1 Å². The standard InChI is InChI=1S/C28H25N.C19H28.C7H11N/c1-3-19-20-9-4-6-11-23(20)28(24-12-7-5-10-21(19)24)25-13-8-16-29-27(25)22-15-14-18(2)17-26(22)28;1-5-19(3,4)15(2)16-11-13-18(14-12-16)17-9-7-6-8-10-17;8-6-7-4-2-1-3-5-7/h4-16,18-19H,3,17H2,1-2H3;6-7,9,11,13,15H,5,8,10,12,14H2,1-4H3;2,4-5H,1,3,6,8H2. The molecule has 2 aromatic carbocycles. The highest BCUT2D eigenvalue weighted by molar-refractivity contribution is 5.90. The molecular weight excluding hydrogens is 677 g/mol. The third-order valence-electron chi connectivity index (χ3n) is 13.8. The molecule has 6 aliphatic rings. The van der Waals surface area contributed by atoms with E-state index in [0.29, 0.717) is 29.7 Å². The van der Waals surface area contributed by atoms with E-state index in [-0.39, 0.29) is 5.41 Å². The molecule has 0 radical (unpaired) electrons. The Balaban J connectivity index is 0.000000152. The van der Waals surface area contributed by atoms with Crippen molar-refractivity contribution >= 4 is 5.57 Å². The molecule has 1 heterocycles. The second kappa shape index (κ2) is 17.3. The van der Waals surface area contributed by atoms with Crippen LogP contribution in [0.5, 0.6) is 0 Å². The van der Waals surface area contributed by atoms with E-state index in [1.807, 2.05) is 6.20 Å². The van der Waals surface area contributed by atoms with Crippen LogP contribution >= 0.6 is 0 Å². The van der Waals surface area contributed by atoms with Crippen LogP contribution in [0, 0.1) is 17.3 Å². The molecule has 0 amide bonds. The maximum atomic E-state index is 5.38. The first-order valence-electron chi connectivity index (χ1n) is 21.6. The van der Waals surface area contributed by atoms with Crippen molar-refractivity contribution in [3.63, 3.8) is 0 Å². The van der Waals surface area contributed by atoms with E-state index >= 15 is 0 Å². The first-order valence-corrected chi connectivity index (χ1v) is 21.6. The van der Waals surface area contributed by atoms with Gasteiger partial charge in [0.1, 0.15) is 0 Å². The number of fused-ring (bicyclic) bond motifs is 8. The highest BCUT2D eigenvalue weighted by Gasteiger charge is 2.53. The van der Waals surface area contributed by atoms with Crippen molar-refractivity contribution in [3.8, 4) is 0 Å². The molecule has 2 N–H and O–H groups in total. The average molecular weight is 741 g/mol. The van der Waals surface area contributed by atoms with E-state index in [1.165, 1.54) is 95.2 Å². The van der Waals surface area contributed by atoms with Gasteiger partial charge in [-0.3, -0.25) is 4.98 Å². The molecule has 2 atom stereocenters. The van der Waals surface area contributed by atoms with Crippen LogP contribution in [0.2, 0.25) is 0 Å². The molecule has 0 bridgehead atoms. The molecular formula is C54H64N2. The lowest BCUT2D eigenvalue weighted by Crippen LogP contribution is -2.37. The fourth-order valence-electron chi connectivity index (χ4n) is 9.95. The summed E-state index contributed by atoms with van der Waals surface area (Å²) in [6, 6.07) is 22.8. The van der Waals surface area contributed by atoms with E-state index < -0.39 is 0 Å². The Bertz CT molecular complexity index is 2110. The quantitative estimate of drug-likeness (QED) is 0.273. The molecule has 0 saturated heterocycles. The predicted octanol–water partition coefficient (Wildman–Crippen LogP) is 13.8. The monoisotopic (exact) mass is 741 g/mol. The number of rotatable bonds is 6. The summed E-state index contributed by atoms with van der Waals surface area (Å²) in [4.78, 5) is 4.89. The number of hydrogen-bond donors (Lipinski definition) is 1. The van der Waals surface area contributed by atoms with Crippen molar-refractivity contribution < 1.29 is 0 Å². The lowest BCUT2D eigenvalue weighted by atomic mass is 9.57. The molecule has 2 heteroatoms. The van der Waals surface area contributed by atoms with Gasteiger partial charge in [0, 0.05) is 24.2 Å². The predicted molar refractivity (Wildman–Crippen MR) is 240 cm³/mol. The van der Waals surface area contributed by atoms with Gasteiger partial charge in [-0.05, 0) is 125 Å². The van der Waals surface area contributed by atoms with Crippen molar-refractivity contribution in [1.82, 2.24) is 4.98 Å². The Morgan fingerprint density at radius 2 is 1.52 bits per heavy atom. The van der Waals surface area contributed by atoms with Crippen LogP contribution in [0.3, 0.4) is 0 Å². The molecule has 6 aliphatic carbocycles. The molecule has 1 aromatic heterocycles. The van der Waals surface area contributed by atoms with Crippen molar-refractivity contribution in [2.75, 3.05) is 6.54 Å². The molecule has 0 aliphatic heterocycles. The molecule has 2 unspecified atom stereocenters. The Kier molecular flexibility index (Phi) is 12.3. The van der Waals surface area contributed by atoms with Crippen LogP contribution in [0.15, 0.2) is 155 Å². The highest BCUT2D eigenvalue weighted by atomic mass is 14.7. The van der Waals surface area contributed by atoms with Gasteiger partial charge in [-0.1, -0.05) is 169 Å². The van der Waals surface area contributed by atoms with Crippen LogP contribution in [-0.4, -0.2) is 11.5 Å². The van der Waals surface area contributed by atoms with Gasteiger partial charge >= 0.3 is 0 Å². The topological polar surface area (TPSA) is 38.9 Å². The van der Waals surface area contributed by atoms with Crippen LogP contribution in [0.25, 0.3) is 5.57 Å². The molecule has 0 saturated carbocycles. The molecule has 290 valence electrons. The van der Waals surface area contributed by atoms with Crippen molar-refractivity contribution in [1.29, 1.82) is 0 Å². The lowest BCUT2D eigenvalue weighted by molar-refractivity contribution is 0.250. The summed E-state index contributed by atoms with van der Waals surface area (Å²) in [5.74, 6) is 1.69. The van der Waals surface area contributed by atoms with Gasteiger partial charge in [0.2, 0.25) is 0 Å². The third-order valence-corrected chi connectivity index (χ3v) is 13.8. The average Bonchev–Trinajstić information content (AvgIpc) is 3.54. The van der Waals surface area contributed by atoms with E-state index in [4.69, 9.17) is 10.7 Å². The van der Waals surface area contributed by atoms with E-state index in [0.717, 1.165) is 12.8 Å². The lowest BCUT2D eigenvalue weighted by Gasteiger charge is -2.44. The Morgan fingerprint density at radius 3 is 2.11 bits per heavy atom. The first kappa shape index (κ1) is 39.7. The zero-order valence-electron chi connectivity index (χ0n) is 35.0. The second-order valence-electron chi connectivity index (χ2n) is 17.3. The molecule has 56 heavy (non-hydrogen) atoms. The van der Waals surface area contributed by atoms with Crippen LogP contribution in [0.4, 0.5) is 0 Å². The second-order valence-corrected chi connectivity index (χ2v) is 17.3. The zero-order valence-corrected chi connectivity index (χ0v) is 35.0. The summed E-state index contributed by atoms with van der Waals surface area (Å²) < 4.78 is 0. The Hall–Kier alpha value is -4.53. The van der Waals surface area contributed by atoms with E-state index in [2.05, 4.69) is 163 Å². The van der Waals surface area contributed by atoms with Gasteiger partial charge in [-0.15, -0.1) is 0 Å². The first-order chi connectivity index (χ1) is 27.2. The van der Waals surface area contributed by atoms with Crippen LogP contribution in [0.1, 0.15) is 139 Å². The van der Waals surface area contributed by atoms with E-state index in [1.54, 1.807) is 16.7 Å². The smallest absolute Gasteiger partial charge is 0.0749 e. The molecule has 2 nitrogen and oxygen atoms in total. The number of hydrogen-bond acceptors (Lipinski definition) is 2. The van der Waals surface area contributed by atoms with Crippen LogP contribution < -0.4 is 5.73 Å². The summed E-state index contributed by atoms with van der Waals surface area (Å²) in [5.41, 5.74) is 22.9. The molecule has 3 aromatic rings. The summed E-state index contributed by atoms with van der Waals surface area (Å²) in [5, 5.41) is 0. The fourth-order valence-corrected chi connectivity index (χ4v) is 9.95. The minimum absolute atomic E-state index is 0.212. The number of aromatic nitrogens is 1. The van der Waals surface area contributed by atoms with Crippen molar-refractivity contribution in [3.05, 3.63) is 189 Å². The van der Waals surface area contributed by atoms with Gasteiger partial charge in [0.25, 0.3) is 0 Å². The minimum Gasteiger partial charge on any atom is -0.327 e. The van der Waals surface area contributed by atoms with E-state index in [9.17, 15) is 0 Å². The van der Waals surface area contributed by atoms with Crippen LogP contribution in [-0.2, 0) is 5.41 Å². The Labute approximate surface area is 338 Å². The zero-order chi connectivity index (χ0) is 39.3. The number of pyridine rings is 1. The minimum atomic E-state index is -0.212. The summed E-state index contributed by atoms with van der Waals surface area (Å²) >= 11 is 0. The highest BCUT2D eigenvalue weighted by Crippen LogP contribution is 2.62. The van der Waals surface area contributed by atoms with Gasteiger partial charge in [0.15, 0.2) is 0 Å². The molecule has 9 rings (SSSR count). The van der Waals surface area contributed by atoms with Crippen molar-refractivity contribution in [2.24, 2.45) is 23.0 Å². The molecule has 0 fully saturated rings. The largest absolute Gasteiger partial charge is 0.327 e. The summed E-state index contributed by atoms with van der Waals surface area (Å²) in [6.07, 6.45) is 35.4. The number of nitrogens with two attached hydrogens (primary N) is 1. The fraction of sp³-hybridized carbons (Fsp3) is 0.389. The van der Waals surface area contributed by atoms with Gasteiger partial charge < -0.3 is 5.73 Å².